The van der Waals surface area contributed by atoms with Gasteiger partial charge in [-0.25, -0.2) is 4.79 Å². The highest BCUT2D eigenvalue weighted by atomic mass is 16.5. The van der Waals surface area contributed by atoms with Gasteiger partial charge in [0.25, 0.3) is 0 Å². The molecule has 0 atom stereocenters. The molecule has 1 heterocycles. The monoisotopic (exact) mass is 221 g/mol. The van der Waals surface area contributed by atoms with Crippen molar-refractivity contribution in [3.63, 3.8) is 0 Å². The SMILES string of the molecule is O=Cc1cccc(OC2CN(C(=O)O)C2)c1. The van der Waals surface area contributed by atoms with Crippen molar-refractivity contribution < 1.29 is 19.4 Å². The van der Waals surface area contributed by atoms with Crippen LogP contribution >= 0.6 is 0 Å². The summed E-state index contributed by atoms with van der Waals surface area (Å²) in [4.78, 5) is 22.3. The first-order valence-electron chi connectivity index (χ1n) is 4.89. The second-order valence-electron chi connectivity index (χ2n) is 3.62. The minimum Gasteiger partial charge on any atom is -0.487 e. The van der Waals surface area contributed by atoms with Gasteiger partial charge in [0, 0.05) is 5.56 Å². The van der Waals surface area contributed by atoms with Crippen LogP contribution in [0.15, 0.2) is 24.3 Å². The van der Waals surface area contributed by atoms with Gasteiger partial charge in [-0.05, 0) is 12.1 Å². The predicted octanol–water partition coefficient (Wildman–Crippen LogP) is 1.24. The Bertz CT molecular complexity index is 412. The van der Waals surface area contributed by atoms with E-state index in [1.165, 1.54) is 4.90 Å². The summed E-state index contributed by atoms with van der Waals surface area (Å²) < 4.78 is 5.51. The lowest BCUT2D eigenvalue weighted by Crippen LogP contribution is -2.55. The maximum atomic E-state index is 10.5. The van der Waals surface area contributed by atoms with Crippen molar-refractivity contribution in [2.45, 2.75) is 6.10 Å². The van der Waals surface area contributed by atoms with Gasteiger partial charge in [-0.3, -0.25) is 4.79 Å². The number of carboxylic acid groups (broad SMARTS) is 1. The van der Waals surface area contributed by atoms with Crippen LogP contribution in [0.25, 0.3) is 0 Å². The highest BCUT2D eigenvalue weighted by Gasteiger charge is 2.31. The number of benzene rings is 1. The number of rotatable bonds is 3. The molecular weight excluding hydrogens is 210 g/mol. The zero-order valence-electron chi connectivity index (χ0n) is 8.50. The Hall–Kier alpha value is -2.04. The molecule has 1 fully saturated rings. The summed E-state index contributed by atoms with van der Waals surface area (Å²) >= 11 is 0. The summed E-state index contributed by atoms with van der Waals surface area (Å²) in [5, 5.41) is 8.62. The largest absolute Gasteiger partial charge is 0.487 e. The highest BCUT2D eigenvalue weighted by Crippen LogP contribution is 2.18. The third-order valence-electron chi connectivity index (χ3n) is 2.42. The molecule has 16 heavy (non-hydrogen) atoms. The Morgan fingerprint density at radius 1 is 1.50 bits per heavy atom. The van der Waals surface area contributed by atoms with Crippen LogP contribution in [0, 0.1) is 0 Å². The Morgan fingerprint density at radius 2 is 2.25 bits per heavy atom. The van der Waals surface area contributed by atoms with Crippen molar-refractivity contribution in [1.29, 1.82) is 0 Å². The second kappa shape index (κ2) is 4.22. The number of carbonyl (C=O) groups is 2. The molecule has 5 nitrogen and oxygen atoms in total. The molecule has 5 heteroatoms. The Balaban J connectivity index is 1.91. The van der Waals surface area contributed by atoms with Crippen molar-refractivity contribution in [1.82, 2.24) is 4.90 Å². The fourth-order valence-corrected chi connectivity index (χ4v) is 1.52. The van der Waals surface area contributed by atoms with Gasteiger partial charge in [0.2, 0.25) is 0 Å². The van der Waals surface area contributed by atoms with Gasteiger partial charge < -0.3 is 14.7 Å². The molecular formula is C11H11NO4. The number of carbonyl (C=O) groups excluding carboxylic acids is 1. The number of nitrogens with zero attached hydrogens (tertiary/aromatic N) is 1. The standard InChI is InChI=1S/C11H11NO4/c13-7-8-2-1-3-9(4-8)16-10-5-12(6-10)11(14)15/h1-4,7,10H,5-6H2,(H,14,15). The van der Waals surface area contributed by atoms with E-state index in [2.05, 4.69) is 0 Å². The van der Waals surface area contributed by atoms with Gasteiger partial charge in [0.1, 0.15) is 18.1 Å². The summed E-state index contributed by atoms with van der Waals surface area (Å²) in [5.41, 5.74) is 0.548. The molecule has 0 spiro atoms. The van der Waals surface area contributed by atoms with E-state index in [4.69, 9.17) is 9.84 Å². The highest BCUT2D eigenvalue weighted by molar-refractivity contribution is 5.75. The first kappa shape index (κ1) is 10.5. The first-order chi connectivity index (χ1) is 7.69. The molecule has 1 saturated heterocycles. The smallest absolute Gasteiger partial charge is 0.407 e. The Kier molecular flexibility index (Phi) is 2.76. The average molecular weight is 221 g/mol. The quantitative estimate of drug-likeness (QED) is 0.780. The summed E-state index contributed by atoms with van der Waals surface area (Å²) in [5.74, 6) is 0.597. The fraction of sp³-hybridized carbons (Fsp3) is 0.273. The number of aldehydes is 1. The summed E-state index contributed by atoms with van der Waals surface area (Å²) in [7, 11) is 0. The maximum absolute atomic E-state index is 10.5. The lowest BCUT2D eigenvalue weighted by molar-refractivity contribution is 0.0252. The molecule has 0 aliphatic carbocycles. The van der Waals surface area contributed by atoms with Crippen molar-refractivity contribution in [3.05, 3.63) is 29.8 Å². The molecule has 1 aliphatic heterocycles. The fourth-order valence-electron chi connectivity index (χ4n) is 1.52. The molecule has 1 amide bonds. The Labute approximate surface area is 92.2 Å². The van der Waals surface area contributed by atoms with Gasteiger partial charge >= 0.3 is 6.09 Å². The van der Waals surface area contributed by atoms with E-state index in [1.54, 1.807) is 24.3 Å². The van der Waals surface area contributed by atoms with E-state index >= 15 is 0 Å². The number of hydrogen-bond acceptors (Lipinski definition) is 3. The number of likely N-dealkylation sites (tertiary alicyclic amines) is 1. The first-order valence-corrected chi connectivity index (χ1v) is 4.89. The van der Waals surface area contributed by atoms with E-state index in [9.17, 15) is 9.59 Å². The molecule has 84 valence electrons. The molecule has 1 N–H and O–H groups in total. The summed E-state index contributed by atoms with van der Waals surface area (Å²) in [6.45, 7) is 0.751. The number of ether oxygens (including phenoxy) is 1. The van der Waals surface area contributed by atoms with Gasteiger partial charge in [0.15, 0.2) is 0 Å². The molecule has 0 bridgehead atoms. The van der Waals surface area contributed by atoms with Gasteiger partial charge in [-0.1, -0.05) is 12.1 Å². The van der Waals surface area contributed by atoms with E-state index < -0.39 is 6.09 Å². The van der Waals surface area contributed by atoms with Crippen LogP contribution in [0.5, 0.6) is 5.75 Å². The van der Waals surface area contributed by atoms with Gasteiger partial charge in [0.05, 0.1) is 13.1 Å². The summed E-state index contributed by atoms with van der Waals surface area (Å²) in [6, 6.07) is 6.80. The minimum absolute atomic E-state index is 0.113. The van der Waals surface area contributed by atoms with E-state index in [0.29, 0.717) is 24.4 Å². The maximum Gasteiger partial charge on any atom is 0.407 e. The second-order valence-corrected chi connectivity index (χ2v) is 3.62. The molecule has 2 rings (SSSR count). The lowest BCUT2D eigenvalue weighted by atomic mass is 10.2. The lowest BCUT2D eigenvalue weighted by Gasteiger charge is -2.36. The molecule has 0 radical (unpaired) electrons. The van der Waals surface area contributed by atoms with Gasteiger partial charge in [-0.15, -0.1) is 0 Å². The van der Waals surface area contributed by atoms with Crippen LogP contribution in [0.4, 0.5) is 4.79 Å². The van der Waals surface area contributed by atoms with Crippen molar-refractivity contribution in [3.8, 4) is 5.75 Å². The molecule has 0 unspecified atom stereocenters. The van der Waals surface area contributed by atoms with Gasteiger partial charge in [-0.2, -0.15) is 0 Å². The van der Waals surface area contributed by atoms with Crippen LogP contribution in [0.2, 0.25) is 0 Å². The zero-order chi connectivity index (χ0) is 11.5. The minimum atomic E-state index is -0.929. The van der Waals surface area contributed by atoms with E-state index in [-0.39, 0.29) is 6.10 Å². The van der Waals surface area contributed by atoms with Crippen molar-refractivity contribution in [2.75, 3.05) is 13.1 Å². The third kappa shape index (κ3) is 2.13. The molecule has 1 aromatic carbocycles. The topological polar surface area (TPSA) is 66.8 Å². The molecule has 0 saturated carbocycles. The molecule has 0 aromatic heterocycles. The summed E-state index contributed by atoms with van der Waals surface area (Å²) in [6.07, 6.45) is -0.295. The van der Waals surface area contributed by atoms with Crippen molar-refractivity contribution >= 4 is 12.4 Å². The predicted molar refractivity (Wildman–Crippen MR) is 55.8 cm³/mol. The molecule has 1 aromatic rings. The van der Waals surface area contributed by atoms with Crippen LogP contribution in [-0.2, 0) is 0 Å². The number of amides is 1. The average Bonchev–Trinajstić information content (AvgIpc) is 2.22. The number of hydrogen-bond donors (Lipinski definition) is 1. The van der Waals surface area contributed by atoms with Crippen LogP contribution in [0.1, 0.15) is 10.4 Å². The third-order valence-corrected chi connectivity index (χ3v) is 2.42. The van der Waals surface area contributed by atoms with Crippen LogP contribution in [0.3, 0.4) is 0 Å². The van der Waals surface area contributed by atoms with Crippen molar-refractivity contribution in [2.24, 2.45) is 0 Å². The molecule has 1 aliphatic rings. The normalized spacial score (nSPS) is 15.4. The van der Waals surface area contributed by atoms with Crippen LogP contribution in [-0.4, -0.2) is 41.6 Å². The zero-order valence-corrected chi connectivity index (χ0v) is 8.50. The van der Waals surface area contributed by atoms with E-state index in [0.717, 1.165) is 6.29 Å². The Morgan fingerprint density at radius 3 is 2.88 bits per heavy atom. The van der Waals surface area contributed by atoms with E-state index in [1.807, 2.05) is 0 Å². The van der Waals surface area contributed by atoms with Crippen LogP contribution < -0.4 is 4.74 Å².